The van der Waals surface area contributed by atoms with Gasteiger partial charge in [0.05, 0.1) is 6.04 Å². The number of nitrogens with one attached hydrogen (secondary N) is 1. The number of halogens is 2. The van der Waals surface area contributed by atoms with Crippen molar-refractivity contribution >= 4 is 27.7 Å². The molecule has 104 valence electrons. The Kier molecular flexibility index (Phi) is 4.34. The van der Waals surface area contributed by atoms with Crippen molar-refractivity contribution in [3.8, 4) is 0 Å². The van der Waals surface area contributed by atoms with Crippen LogP contribution in [0.5, 0.6) is 0 Å². The van der Waals surface area contributed by atoms with Crippen LogP contribution in [0.1, 0.15) is 28.9 Å². The van der Waals surface area contributed by atoms with E-state index in [1.165, 1.54) is 6.20 Å². The lowest BCUT2D eigenvalue weighted by Crippen LogP contribution is -2.12. The Labute approximate surface area is 123 Å². The predicted molar refractivity (Wildman–Crippen MR) is 77.3 cm³/mol. The molecule has 0 aliphatic rings. The number of aromatic carboxylic acids is 1. The molecule has 0 fully saturated rings. The molecule has 4 nitrogen and oxygen atoms in total. The quantitative estimate of drug-likeness (QED) is 0.888. The molecule has 6 heteroatoms. The normalized spacial score (nSPS) is 11.9. The average Bonchev–Trinajstić information content (AvgIpc) is 2.40. The summed E-state index contributed by atoms with van der Waals surface area (Å²) in [6.45, 7) is 1.84. The fourth-order valence-corrected chi connectivity index (χ4v) is 2.19. The van der Waals surface area contributed by atoms with Gasteiger partial charge in [0, 0.05) is 10.7 Å². The fourth-order valence-electron chi connectivity index (χ4n) is 1.77. The Balaban J connectivity index is 2.26. The van der Waals surface area contributed by atoms with E-state index in [1.54, 1.807) is 0 Å². The van der Waals surface area contributed by atoms with E-state index in [9.17, 15) is 9.18 Å². The van der Waals surface area contributed by atoms with E-state index in [1.807, 2.05) is 31.2 Å². The second kappa shape index (κ2) is 6.00. The van der Waals surface area contributed by atoms with Crippen LogP contribution < -0.4 is 5.32 Å². The lowest BCUT2D eigenvalue weighted by Gasteiger charge is -2.16. The standard InChI is InChI=1S/C14H12BrFN2O2/c1-8(9-3-2-4-10(15)7-9)18-13-12(16)11(14(19)20)5-6-17-13/h2-8H,1H3,(H,17,18)(H,19,20). The third kappa shape index (κ3) is 3.14. The number of carbonyl (C=O) groups is 1. The van der Waals surface area contributed by atoms with E-state index in [0.29, 0.717) is 0 Å². The summed E-state index contributed by atoms with van der Waals surface area (Å²) in [4.78, 5) is 14.7. The summed E-state index contributed by atoms with van der Waals surface area (Å²) in [5.74, 6) is -2.25. The van der Waals surface area contributed by atoms with Crippen LogP contribution in [0.4, 0.5) is 10.2 Å². The molecule has 0 aliphatic carbocycles. The van der Waals surface area contributed by atoms with Crippen molar-refractivity contribution in [3.63, 3.8) is 0 Å². The Bertz CT molecular complexity index is 649. The Morgan fingerprint density at radius 1 is 1.45 bits per heavy atom. The highest BCUT2D eigenvalue weighted by atomic mass is 79.9. The highest BCUT2D eigenvalue weighted by Crippen LogP contribution is 2.23. The van der Waals surface area contributed by atoms with Gasteiger partial charge in [-0.15, -0.1) is 0 Å². The zero-order valence-electron chi connectivity index (χ0n) is 10.6. The van der Waals surface area contributed by atoms with E-state index >= 15 is 0 Å². The van der Waals surface area contributed by atoms with Crippen molar-refractivity contribution < 1.29 is 14.3 Å². The van der Waals surface area contributed by atoms with Crippen LogP contribution in [0, 0.1) is 5.82 Å². The van der Waals surface area contributed by atoms with Gasteiger partial charge in [-0.2, -0.15) is 0 Å². The molecule has 1 atom stereocenters. The van der Waals surface area contributed by atoms with Gasteiger partial charge in [-0.05, 0) is 30.7 Å². The molecular formula is C14H12BrFN2O2. The molecule has 0 aliphatic heterocycles. The van der Waals surface area contributed by atoms with Crippen LogP contribution in [-0.2, 0) is 0 Å². The maximum atomic E-state index is 14.0. The monoisotopic (exact) mass is 338 g/mol. The second-order valence-electron chi connectivity index (χ2n) is 4.25. The van der Waals surface area contributed by atoms with Gasteiger partial charge in [0.2, 0.25) is 0 Å². The lowest BCUT2D eigenvalue weighted by atomic mass is 10.1. The zero-order valence-corrected chi connectivity index (χ0v) is 12.2. The van der Waals surface area contributed by atoms with Crippen LogP contribution in [0.3, 0.4) is 0 Å². The molecule has 1 heterocycles. The van der Waals surface area contributed by atoms with Crippen LogP contribution in [-0.4, -0.2) is 16.1 Å². The first-order valence-electron chi connectivity index (χ1n) is 5.89. The van der Waals surface area contributed by atoms with Crippen molar-refractivity contribution in [3.05, 3.63) is 57.9 Å². The maximum Gasteiger partial charge on any atom is 0.338 e. The van der Waals surface area contributed by atoms with E-state index in [4.69, 9.17) is 5.11 Å². The van der Waals surface area contributed by atoms with E-state index in [0.717, 1.165) is 16.1 Å². The van der Waals surface area contributed by atoms with Gasteiger partial charge >= 0.3 is 5.97 Å². The molecule has 0 saturated heterocycles. The highest BCUT2D eigenvalue weighted by molar-refractivity contribution is 9.10. The number of pyridine rings is 1. The number of rotatable bonds is 4. The molecule has 0 amide bonds. The third-order valence-corrected chi connectivity index (χ3v) is 3.31. The number of anilines is 1. The van der Waals surface area contributed by atoms with E-state index < -0.39 is 17.3 Å². The van der Waals surface area contributed by atoms with E-state index in [-0.39, 0.29) is 11.9 Å². The van der Waals surface area contributed by atoms with Gasteiger partial charge in [0.1, 0.15) is 5.56 Å². The second-order valence-corrected chi connectivity index (χ2v) is 5.16. The first kappa shape index (κ1) is 14.5. The number of hydrogen-bond donors (Lipinski definition) is 2. The van der Waals surface area contributed by atoms with Gasteiger partial charge in [-0.1, -0.05) is 28.1 Å². The van der Waals surface area contributed by atoms with Crippen LogP contribution in [0.2, 0.25) is 0 Å². The summed E-state index contributed by atoms with van der Waals surface area (Å²) < 4.78 is 14.9. The smallest absolute Gasteiger partial charge is 0.338 e. The SMILES string of the molecule is CC(Nc1nccc(C(=O)O)c1F)c1cccc(Br)c1. The van der Waals surface area contributed by atoms with Crippen molar-refractivity contribution in [1.29, 1.82) is 0 Å². The molecule has 0 spiro atoms. The molecule has 1 aromatic carbocycles. The maximum absolute atomic E-state index is 14.0. The van der Waals surface area contributed by atoms with Crippen molar-refractivity contribution in [2.45, 2.75) is 13.0 Å². The van der Waals surface area contributed by atoms with Crippen molar-refractivity contribution in [2.75, 3.05) is 5.32 Å². The molecule has 1 unspecified atom stereocenters. The lowest BCUT2D eigenvalue weighted by molar-refractivity contribution is 0.0692. The summed E-state index contributed by atoms with van der Waals surface area (Å²) in [5.41, 5.74) is 0.533. The first-order chi connectivity index (χ1) is 9.49. The number of hydrogen-bond acceptors (Lipinski definition) is 3. The average molecular weight is 339 g/mol. The fraction of sp³-hybridized carbons (Fsp3) is 0.143. The van der Waals surface area contributed by atoms with Gasteiger partial charge in [0.15, 0.2) is 11.6 Å². The molecule has 2 rings (SSSR count). The van der Waals surface area contributed by atoms with Gasteiger partial charge in [-0.3, -0.25) is 0 Å². The van der Waals surface area contributed by atoms with E-state index in [2.05, 4.69) is 26.2 Å². The molecule has 1 aromatic heterocycles. The first-order valence-corrected chi connectivity index (χ1v) is 6.68. The molecular weight excluding hydrogens is 327 g/mol. The van der Waals surface area contributed by atoms with Crippen molar-refractivity contribution in [2.24, 2.45) is 0 Å². The summed E-state index contributed by atoms with van der Waals surface area (Å²) >= 11 is 3.37. The largest absolute Gasteiger partial charge is 0.478 e. The number of benzene rings is 1. The Morgan fingerprint density at radius 3 is 2.85 bits per heavy atom. The summed E-state index contributed by atoms with van der Waals surface area (Å²) in [5, 5.41) is 11.8. The van der Waals surface area contributed by atoms with Gasteiger partial charge < -0.3 is 10.4 Å². The van der Waals surface area contributed by atoms with Crippen LogP contribution >= 0.6 is 15.9 Å². The molecule has 0 bridgehead atoms. The minimum Gasteiger partial charge on any atom is -0.478 e. The van der Waals surface area contributed by atoms with Crippen LogP contribution in [0.15, 0.2) is 41.0 Å². The van der Waals surface area contributed by atoms with Gasteiger partial charge in [0.25, 0.3) is 0 Å². The minimum absolute atomic E-state index is 0.0719. The Hall–Kier alpha value is -1.95. The van der Waals surface area contributed by atoms with Gasteiger partial charge in [-0.25, -0.2) is 14.2 Å². The highest BCUT2D eigenvalue weighted by Gasteiger charge is 2.16. The minimum atomic E-state index is -1.32. The number of carboxylic acids is 1. The summed E-state index contributed by atoms with van der Waals surface area (Å²) in [7, 11) is 0. The number of carboxylic acid groups (broad SMARTS) is 1. The Morgan fingerprint density at radius 2 is 2.20 bits per heavy atom. The van der Waals surface area contributed by atoms with Crippen LogP contribution in [0.25, 0.3) is 0 Å². The summed E-state index contributed by atoms with van der Waals surface area (Å²) in [6.07, 6.45) is 1.27. The third-order valence-electron chi connectivity index (χ3n) is 2.82. The number of nitrogens with zero attached hydrogens (tertiary/aromatic N) is 1. The molecule has 2 aromatic rings. The topological polar surface area (TPSA) is 62.2 Å². The van der Waals surface area contributed by atoms with Crippen molar-refractivity contribution in [1.82, 2.24) is 4.98 Å². The summed E-state index contributed by atoms with van der Waals surface area (Å²) in [6, 6.07) is 8.47. The number of aromatic nitrogens is 1. The molecule has 0 saturated carbocycles. The molecule has 20 heavy (non-hydrogen) atoms. The molecule has 0 radical (unpaired) electrons. The predicted octanol–water partition coefficient (Wildman–Crippen LogP) is 3.85. The molecule has 2 N–H and O–H groups in total. The zero-order chi connectivity index (χ0) is 14.7.